The van der Waals surface area contributed by atoms with E-state index in [1.807, 2.05) is 0 Å². The van der Waals surface area contributed by atoms with Crippen molar-refractivity contribution >= 4 is 45.5 Å². The molecule has 0 aromatic heterocycles. The van der Waals surface area contributed by atoms with Crippen LogP contribution in [0.3, 0.4) is 0 Å². The van der Waals surface area contributed by atoms with Gasteiger partial charge in [-0.1, -0.05) is 0 Å². The average molecular weight is 198 g/mol. The average Bonchev–Trinajstić information content (AvgIpc) is 0. The summed E-state index contributed by atoms with van der Waals surface area (Å²) in [6.45, 7) is 0. The number of rotatable bonds is 0. The Morgan fingerprint density at radius 2 is 0.286 bits per heavy atom. The van der Waals surface area contributed by atoms with E-state index < -0.39 is 0 Å². The molecule has 0 saturated carbocycles. The van der Waals surface area contributed by atoms with Crippen LogP contribution in [-0.2, 0) is 0 Å². The van der Waals surface area contributed by atoms with Crippen molar-refractivity contribution in [3.8, 4) is 0 Å². The maximum absolute atomic E-state index is 0. The molecule has 0 aromatic rings. The molecule has 0 unspecified atom stereocenters. The molecule has 7 heteroatoms. The summed E-state index contributed by atoms with van der Waals surface area (Å²) in [4.78, 5) is 0. The van der Waals surface area contributed by atoms with Gasteiger partial charge in [0.2, 0.25) is 0 Å². The maximum atomic E-state index is 0. The van der Waals surface area contributed by atoms with Gasteiger partial charge in [-0.3, -0.25) is 0 Å². The molecule has 12 N–H and O–H groups in total. The van der Waals surface area contributed by atoms with Gasteiger partial charge in [-0.05, 0) is 0 Å². The monoisotopic (exact) mass is 198 g/mol. The minimum atomic E-state index is 0. The Balaban J connectivity index is 0. The van der Waals surface area contributed by atoms with Gasteiger partial charge in [0.25, 0.3) is 0 Å². The van der Waals surface area contributed by atoms with Crippen LogP contribution in [0.15, 0.2) is 0 Å². The third-order valence-electron chi connectivity index (χ3n) is 0. The second-order valence-electron chi connectivity index (χ2n) is 0. The Hall–Kier alpha value is 1.24. The summed E-state index contributed by atoms with van der Waals surface area (Å²) in [5.74, 6) is 0. The van der Waals surface area contributed by atoms with Crippen LogP contribution in [0.4, 0.5) is 0 Å². The van der Waals surface area contributed by atoms with Gasteiger partial charge in [-0.25, -0.2) is 0 Å². The fourth-order valence-electron chi connectivity index (χ4n) is 0. The molecule has 0 heterocycles. The van der Waals surface area contributed by atoms with Gasteiger partial charge in [0.15, 0.2) is 0 Å². The number of hydrogen-bond acceptors (Lipinski definition) is 0. The van der Waals surface area contributed by atoms with Crippen molar-refractivity contribution in [2.45, 2.75) is 0 Å². The summed E-state index contributed by atoms with van der Waals surface area (Å²) in [6, 6.07) is 0. The van der Waals surface area contributed by atoms with Crippen molar-refractivity contribution in [2.24, 2.45) is 0 Å². The molecule has 0 saturated heterocycles. The van der Waals surface area contributed by atoms with Crippen molar-refractivity contribution in [3.63, 3.8) is 0 Å². The molecule has 6 nitrogen and oxygen atoms in total. The molecule has 0 radical (unpaired) electrons. The first-order valence-corrected chi connectivity index (χ1v) is 0. The second-order valence-corrected chi connectivity index (χ2v) is 0. The molecule has 0 aliphatic carbocycles. The third-order valence-corrected chi connectivity index (χ3v) is 0. The normalized spacial score (nSPS) is 0. The van der Waals surface area contributed by atoms with Crippen LogP contribution in [0, 0.1) is 0 Å². The quantitative estimate of drug-likeness (QED) is 0.335. The van der Waals surface area contributed by atoms with Crippen LogP contribution in [0.5, 0.6) is 0 Å². The Morgan fingerprint density at radius 3 is 0.286 bits per heavy atom. The van der Waals surface area contributed by atoms with Crippen LogP contribution < -0.4 is 0 Å². The van der Waals surface area contributed by atoms with Crippen molar-refractivity contribution in [3.05, 3.63) is 0 Å². The fraction of sp³-hybridized carbons (Fsp3) is 0. The van der Waals surface area contributed by atoms with Gasteiger partial charge in [-0.2, -0.15) is 0 Å². The van der Waals surface area contributed by atoms with E-state index in [-0.39, 0.29) is 78.3 Å². The molecule has 7 heavy (non-hydrogen) atoms. The molecule has 0 aliphatic heterocycles. The molecule has 0 spiro atoms. The molecular weight excluding hydrogens is 184 g/mol. The van der Waals surface area contributed by atoms with Crippen molar-refractivity contribution in [1.82, 2.24) is 0 Å². The van der Waals surface area contributed by atoms with Gasteiger partial charge in [0.1, 0.15) is 0 Å². The van der Waals surface area contributed by atoms with Crippen LogP contribution >= 0.6 is 0 Å². The SMILES string of the molecule is O.O.O.O.O.O.[SrH2]. The standard InChI is InChI=1S/6H2O.Sr.2H/h6*1H2;;;. The van der Waals surface area contributed by atoms with E-state index in [0.717, 1.165) is 0 Å². The Labute approximate surface area is 77.6 Å². The molecule has 0 bridgehead atoms. The van der Waals surface area contributed by atoms with Crippen LogP contribution in [0.1, 0.15) is 0 Å². The zero-order valence-electron chi connectivity index (χ0n) is 3.00. The first-order valence-electron chi connectivity index (χ1n) is 0. The second kappa shape index (κ2) is 183. The summed E-state index contributed by atoms with van der Waals surface area (Å²) in [5, 5.41) is 0. The van der Waals surface area contributed by atoms with Crippen LogP contribution in [0.2, 0.25) is 0 Å². The van der Waals surface area contributed by atoms with Crippen molar-refractivity contribution in [2.75, 3.05) is 0 Å². The van der Waals surface area contributed by atoms with Crippen molar-refractivity contribution in [1.29, 1.82) is 0 Å². The summed E-state index contributed by atoms with van der Waals surface area (Å²) in [7, 11) is 0. The van der Waals surface area contributed by atoms with Gasteiger partial charge < -0.3 is 32.9 Å². The molecule has 0 amide bonds. The van der Waals surface area contributed by atoms with Gasteiger partial charge in [0, 0.05) is 0 Å². The molecule has 0 atom stereocenters. The first-order chi connectivity index (χ1) is 0. The Kier molecular flexibility index (Phi) is 7350. The van der Waals surface area contributed by atoms with E-state index in [1.165, 1.54) is 0 Å². The van der Waals surface area contributed by atoms with Crippen molar-refractivity contribution < 1.29 is 32.9 Å². The predicted molar refractivity (Wildman–Crippen MR) is 30.2 cm³/mol. The molecular formula is H14O6Sr. The summed E-state index contributed by atoms with van der Waals surface area (Å²) < 4.78 is 0. The summed E-state index contributed by atoms with van der Waals surface area (Å²) in [5.41, 5.74) is 0. The van der Waals surface area contributed by atoms with E-state index in [1.54, 1.807) is 0 Å². The Morgan fingerprint density at radius 1 is 0.286 bits per heavy atom. The van der Waals surface area contributed by atoms with E-state index >= 15 is 0 Å². The van der Waals surface area contributed by atoms with Crippen LogP contribution in [0.25, 0.3) is 0 Å². The minimum absolute atomic E-state index is 0. The van der Waals surface area contributed by atoms with Gasteiger partial charge in [0.05, 0.1) is 0 Å². The molecule has 0 aliphatic rings. The zero-order valence-corrected chi connectivity index (χ0v) is 3.00. The molecule has 52 valence electrons. The van der Waals surface area contributed by atoms with E-state index in [9.17, 15) is 0 Å². The Bertz CT molecular complexity index is 4.14. The van der Waals surface area contributed by atoms with Crippen LogP contribution in [-0.4, -0.2) is 78.3 Å². The topological polar surface area (TPSA) is 189 Å². The molecule has 0 aromatic carbocycles. The predicted octanol–water partition coefficient (Wildman–Crippen LogP) is -5.86. The third kappa shape index (κ3) is 129. The number of hydrogen-bond donors (Lipinski definition) is 0. The molecule has 0 fully saturated rings. The fourth-order valence-corrected chi connectivity index (χ4v) is 0. The van der Waals surface area contributed by atoms with E-state index in [4.69, 9.17) is 0 Å². The zero-order chi connectivity index (χ0) is 0. The first kappa shape index (κ1) is 281. The van der Waals surface area contributed by atoms with E-state index in [0.29, 0.717) is 0 Å². The summed E-state index contributed by atoms with van der Waals surface area (Å²) >= 11 is 0. The van der Waals surface area contributed by atoms with Gasteiger partial charge >= 0.3 is 45.5 Å². The van der Waals surface area contributed by atoms with Gasteiger partial charge in [-0.15, -0.1) is 0 Å². The molecule has 0 rings (SSSR count). The summed E-state index contributed by atoms with van der Waals surface area (Å²) in [6.07, 6.45) is 0. The van der Waals surface area contributed by atoms with E-state index in [2.05, 4.69) is 0 Å².